The van der Waals surface area contributed by atoms with Crippen molar-refractivity contribution in [3.05, 3.63) is 54.1 Å². The molecule has 0 fully saturated rings. The minimum Gasteiger partial charge on any atom is -0.497 e. The number of carbonyl (C=O) groups is 1. The van der Waals surface area contributed by atoms with Crippen LogP contribution < -0.4 is 14.4 Å². The number of anilines is 1. The molecule has 1 aliphatic rings. The monoisotopic (exact) mass is 431 g/mol. The van der Waals surface area contributed by atoms with Crippen LogP contribution in [0.25, 0.3) is 0 Å². The second-order valence-corrected chi connectivity index (χ2v) is 9.54. The van der Waals surface area contributed by atoms with Gasteiger partial charge in [-0.1, -0.05) is 32.0 Å². The third kappa shape index (κ3) is 4.76. The Bertz CT molecular complexity index is 990. The number of benzene rings is 2. The first kappa shape index (κ1) is 22.1. The summed E-state index contributed by atoms with van der Waals surface area (Å²) < 4.78 is 33.6. The average Bonchev–Trinajstić information content (AvgIpc) is 2.90. The summed E-state index contributed by atoms with van der Waals surface area (Å²) in [6.45, 7) is 5.34. The lowest BCUT2D eigenvalue weighted by Crippen LogP contribution is -2.51. The Hall–Kier alpha value is -2.58. The van der Waals surface area contributed by atoms with Crippen LogP contribution in [0.2, 0.25) is 0 Å². The molecule has 2 aromatic rings. The second-order valence-electron chi connectivity index (χ2n) is 7.83. The molecule has 1 amide bonds. The van der Waals surface area contributed by atoms with Gasteiger partial charge in [0.25, 0.3) is 0 Å². The van der Waals surface area contributed by atoms with Crippen molar-refractivity contribution in [2.45, 2.75) is 31.3 Å². The van der Waals surface area contributed by atoms with E-state index in [1.807, 2.05) is 45.2 Å². The molecular formula is C22H29N3O4S. The molecule has 7 nitrogen and oxygen atoms in total. The quantitative estimate of drug-likeness (QED) is 0.760. The van der Waals surface area contributed by atoms with Crippen molar-refractivity contribution in [1.29, 1.82) is 0 Å². The minimum absolute atomic E-state index is 0.0997. The van der Waals surface area contributed by atoms with E-state index in [4.69, 9.17) is 4.74 Å². The van der Waals surface area contributed by atoms with E-state index in [2.05, 4.69) is 9.62 Å². The van der Waals surface area contributed by atoms with Crippen LogP contribution in [0.4, 0.5) is 5.69 Å². The summed E-state index contributed by atoms with van der Waals surface area (Å²) in [6.07, 6.45) is 0. The van der Waals surface area contributed by atoms with Gasteiger partial charge in [-0.25, -0.2) is 8.42 Å². The molecule has 162 valence electrons. The van der Waals surface area contributed by atoms with Crippen LogP contribution in [-0.4, -0.2) is 52.5 Å². The molecule has 0 aliphatic carbocycles. The van der Waals surface area contributed by atoms with Gasteiger partial charge < -0.3 is 14.5 Å². The fraction of sp³-hybridized carbons (Fsp3) is 0.409. The number of ether oxygens (including phenoxy) is 1. The maximum atomic E-state index is 13.4. The van der Waals surface area contributed by atoms with Crippen LogP contribution in [0.5, 0.6) is 5.75 Å². The SMILES string of the molecule is COc1ccc(S(=O)(=O)N[C@H](C(=O)N2CCN(C)c3ccccc3C2)C(C)C)cc1. The van der Waals surface area contributed by atoms with Crippen molar-refractivity contribution in [3.8, 4) is 5.75 Å². The van der Waals surface area contributed by atoms with Crippen LogP contribution in [0.3, 0.4) is 0 Å². The third-order valence-electron chi connectivity index (χ3n) is 5.37. The molecule has 1 aliphatic heterocycles. The predicted octanol–water partition coefficient (Wildman–Crippen LogP) is 2.48. The molecule has 0 spiro atoms. The Labute approximate surface area is 178 Å². The van der Waals surface area contributed by atoms with Crippen molar-refractivity contribution in [2.75, 3.05) is 32.1 Å². The largest absolute Gasteiger partial charge is 0.497 e. The zero-order valence-electron chi connectivity index (χ0n) is 17.8. The maximum absolute atomic E-state index is 13.4. The first-order valence-corrected chi connectivity index (χ1v) is 11.5. The van der Waals surface area contributed by atoms with Crippen LogP contribution in [0, 0.1) is 5.92 Å². The Balaban J connectivity index is 1.82. The smallest absolute Gasteiger partial charge is 0.241 e. The van der Waals surface area contributed by atoms with Crippen LogP contribution in [0.1, 0.15) is 19.4 Å². The van der Waals surface area contributed by atoms with Crippen molar-refractivity contribution >= 4 is 21.6 Å². The lowest BCUT2D eigenvalue weighted by atomic mass is 10.0. The van der Waals surface area contributed by atoms with E-state index in [0.717, 1.165) is 11.3 Å². The molecule has 0 aromatic heterocycles. The van der Waals surface area contributed by atoms with E-state index in [-0.39, 0.29) is 16.7 Å². The highest BCUT2D eigenvalue weighted by atomic mass is 32.2. The molecule has 0 bridgehead atoms. The summed E-state index contributed by atoms with van der Waals surface area (Å²) >= 11 is 0. The van der Waals surface area contributed by atoms with Gasteiger partial charge in [-0.05, 0) is 41.8 Å². The highest BCUT2D eigenvalue weighted by molar-refractivity contribution is 7.89. The molecule has 0 radical (unpaired) electrons. The zero-order valence-corrected chi connectivity index (χ0v) is 18.6. The van der Waals surface area contributed by atoms with E-state index in [1.54, 1.807) is 17.0 Å². The zero-order chi connectivity index (χ0) is 21.9. The Morgan fingerprint density at radius 3 is 2.37 bits per heavy atom. The average molecular weight is 432 g/mol. The highest BCUT2D eigenvalue weighted by Gasteiger charge is 2.33. The van der Waals surface area contributed by atoms with Crippen LogP contribution in [0.15, 0.2) is 53.4 Å². The molecule has 0 saturated heterocycles. The van der Waals surface area contributed by atoms with Crippen LogP contribution >= 0.6 is 0 Å². The van der Waals surface area contributed by atoms with Gasteiger partial charge in [-0.3, -0.25) is 4.79 Å². The Kier molecular flexibility index (Phi) is 6.67. The molecule has 1 atom stereocenters. The number of fused-ring (bicyclic) bond motifs is 1. The van der Waals surface area contributed by atoms with E-state index < -0.39 is 16.1 Å². The number of nitrogens with zero attached hydrogens (tertiary/aromatic N) is 2. The van der Waals surface area contributed by atoms with Gasteiger partial charge in [0.15, 0.2) is 0 Å². The van der Waals surface area contributed by atoms with Crippen molar-refractivity contribution in [2.24, 2.45) is 5.92 Å². The summed E-state index contributed by atoms with van der Waals surface area (Å²) in [5.74, 6) is 0.145. The normalized spacial score (nSPS) is 15.5. The molecule has 8 heteroatoms. The van der Waals surface area contributed by atoms with E-state index >= 15 is 0 Å². The number of para-hydroxylation sites is 1. The minimum atomic E-state index is -3.86. The lowest BCUT2D eigenvalue weighted by Gasteiger charge is -2.29. The molecule has 0 saturated carbocycles. The molecule has 2 aromatic carbocycles. The van der Waals surface area contributed by atoms with E-state index in [0.29, 0.717) is 25.4 Å². The predicted molar refractivity (Wildman–Crippen MR) is 117 cm³/mol. The standard InChI is InChI=1S/C22H29N3O4S/c1-16(2)21(23-30(27,28)19-11-9-18(29-4)10-12-19)22(26)25-14-13-24(3)20-8-6-5-7-17(20)15-25/h5-12,16,21,23H,13-15H2,1-4H3/t21-/m0/s1. The molecule has 0 unspecified atom stereocenters. The molecule has 1 N–H and O–H groups in total. The van der Waals surface area contributed by atoms with Gasteiger partial charge in [-0.2, -0.15) is 4.72 Å². The number of hydrogen-bond donors (Lipinski definition) is 1. The number of hydrogen-bond acceptors (Lipinski definition) is 5. The summed E-state index contributed by atoms with van der Waals surface area (Å²) in [6, 6.07) is 13.2. The highest BCUT2D eigenvalue weighted by Crippen LogP contribution is 2.25. The van der Waals surface area contributed by atoms with E-state index in [1.165, 1.54) is 19.2 Å². The number of carbonyl (C=O) groups excluding carboxylic acids is 1. The number of likely N-dealkylation sites (N-methyl/N-ethyl adjacent to an activating group) is 1. The van der Waals surface area contributed by atoms with Crippen molar-refractivity contribution in [3.63, 3.8) is 0 Å². The van der Waals surface area contributed by atoms with Crippen molar-refractivity contribution < 1.29 is 17.9 Å². The van der Waals surface area contributed by atoms with Gasteiger partial charge >= 0.3 is 0 Å². The van der Waals surface area contributed by atoms with Gasteiger partial charge in [0.2, 0.25) is 15.9 Å². The van der Waals surface area contributed by atoms with E-state index in [9.17, 15) is 13.2 Å². The second kappa shape index (κ2) is 9.06. The fourth-order valence-corrected chi connectivity index (χ4v) is 4.88. The number of amides is 1. The first-order chi connectivity index (χ1) is 14.2. The van der Waals surface area contributed by atoms with Gasteiger partial charge in [-0.15, -0.1) is 0 Å². The summed E-state index contributed by atoms with van der Waals surface area (Å²) in [5, 5.41) is 0. The third-order valence-corrected chi connectivity index (χ3v) is 6.82. The summed E-state index contributed by atoms with van der Waals surface area (Å²) in [7, 11) is -0.338. The molecule has 3 rings (SSSR count). The summed E-state index contributed by atoms with van der Waals surface area (Å²) in [4.78, 5) is 17.3. The first-order valence-electron chi connectivity index (χ1n) is 9.97. The Morgan fingerprint density at radius 1 is 1.07 bits per heavy atom. The van der Waals surface area contributed by atoms with Crippen molar-refractivity contribution in [1.82, 2.24) is 9.62 Å². The lowest BCUT2D eigenvalue weighted by molar-refractivity contribution is -0.134. The number of sulfonamides is 1. The topological polar surface area (TPSA) is 78.9 Å². The maximum Gasteiger partial charge on any atom is 0.241 e. The van der Waals surface area contributed by atoms with Gasteiger partial charge in [0.1, 0.15) is 11.8 Å². The number of methoxy groups -OCH3 is 1. The molecule has 30 heavy (non-hydrogen) atoms. The summed E-state index contributed by atoms with van der Waals surface area (Å²) in [5.41, 5.74) is 2.14. The molecular weight excluding hydrogens is 402 g/mol. The fourth-order valence-electron chi connectivity index (χ4n) is 3.54. The number of nitrogens with one attached hydrogen (secondary N) is 1. The van der Waals surface area contributed by atoms with Gasteiger partial charge in [0, 0.05) is 32.4 Å². The Morgan fingerprint density at radius 2 is 1.73 bits per heavy atom. The van der Waals surface area contributed by atoms with Gasteiger partial charge in [0.05, 0.1) is 12.0 Å². The van der Waals surface area contributed by atoms with Crippen LogP contribution in [-0.2, 0) is 21.4 Å². The number of rotatable bonds is 6. The molecule has 1 heterocycles.